The van der Waals surface area contributed by atoms with Crippen molar-refractivity contribution >= 4 is 22.9 Å². The Hall–Kier alpha value is -2.06. The summed E-state index contributed by atoms with van der Waals surface area (Å²) in [7, 11) is 1.57. The van der Waals surface area contributed by atoms with Gasteiger partial charge in [-0.05, 0) is 12.1 Å². The summed E-state index contributed by atoms with van der Waals surface area (Å²) in [5, 5.41) is 0.795. The van der Waals surface area contributed by atoms with Gasteiger partial charge < -0.3 is 9.15 Å². The molecule has 0 unspecified atom stereocenters. The van der Waals surface area contributed by atoms with E-state index in [1.54, 1.807) is 25.3 Å². The van der Waals surface area contributed by atoms with Crippen LogP contribution in [0.15, 0.2) is 33.7 Å². The molecule has 0 bridgehead atoms. The maximum Gasteiger partial charge on any atom is 0.243 e. The number of fused-ring (bicyclic) bond motifs is 1. The van der Waals surface area contributed by atoms with E-state index in [-0.39, 0.29) is 5.88 Å². The Bertz CT molecular complexity index is 509. The quantitative estimate of drug-likeness (QED) is 0.538. The summed E-state index contributed by atoms with van der Waals surface area (Å²) in [5.41, 5.74) is 0.637. The smallest absolute Gasteiger partial charge is 0.243 e. The summed E-state index contributed by atoms with van der Waals surface area (Å²) in [6, 6.07) is 7.03. The Balaban J connectivity index is 2.69. The van der Waals surface area contributed by atoms with Crippen molar-refractivity contribution in [2.45, 2.75) is 0 Å². The highest BCUT2D eigenvalue weighted by Gasteiger charge is 2.06. The summed E-state index contributed by atoms with van der Waals surface area (Å²) in [5.74, 6) is 0.929. The predicted molar refractivity (Wildman–Crippen MR) is 50.5 cm³/mol. The van der Waals surface area contributed by atoms with Gasteiger partial charge in [-0.3, -0.25) is 0 Å². The van der Waals surface area contributed by atoms with Crippen LogP contribution in [0.3, 0.4) is 0 Å². The SMILES string of the molecule is COc1cccc2oc(N=C=O)cc12. The first-order chi connectivity index (χ1) is 6.85. The van der Waals surface area contributed by atoms with Gasteiger partial charge in [-0.15, -0.1) is 4.99 Å². The largest absolute Gasteiger partial charge is 0.496 e. The highest BCUT2D eigenvalue weighted by molar-refractivity contribution is 5.86. The summed E-state index contributed by atoms with van der Waals surface area (Å²) < 4.78 is 10.4. The molecule has 2 aromatic rings. The lowest BCUT2D eigenvalue weighted by Crippen LogP contribution is -1.81. The Kier molecular flexibility index (Phi) is 2.05. The monoisotopic (exact) mass is 189 g/mol. The lowest BCUT2D eigenvalue weighted by molar-refractivity contribution is 0.419. The molecule has 70 valence electrons. The predicted octanol–water partition coefficient (Wildman–Crippen LogP) is 2.41. The number of methoxy groups -OCH3 is 1. The molecule has 0 aliphatic carbocycles. The fraction of sp³-hybridized carbons (Fsp3) is 0.100. The third-order valence-corrected chi connectivity index (χ3v) is 1.88. The molecule has 1 aromatic carbocycles. The number of hydrogen-bond acceptors (Lipinski definition) is 4. The number of rotatable bonds is 2. The van der Waals surface area contributed by atoms with Crippen molar-refractivity contribution in [3.05, 3.63) is 24.3 Å². The maximum absolute atomic E-state index is 10.0. The summed E-state index contributed by atoms with van der Waals surface area (Å²) in [4.78, 5) is 13.4. The van der Waals surface area contributed by atoms with Crippen LogP contribution in [-0.4, -0.2) is 13.2 Å². The van der Waals surface area contributed by atoms with Gasteiger partial charge in [0.05, 0.1) is 12.5 Å². The Morgan fingerprint density at radius 2 is 2.36 bits per heavy atom. The van der Waals surface area contributed by atoms with Crippen molar-refractivity contribution in [3.8, 4) is 5.75 Å². The number of furan rings is 1. The minimum Gasteiger partial charge on any atom is -0.496 e. The third-order valence-electron chi connectivity index (χ3n) is 1.88. The molecule has 0 atom stereocenters. The van der Waals surface area contributed by atoms with Crippen LogP contribution < -0.4 is 4.74 Å². The topological polar surface area (TPSA) is 51.8 Å². The molecule has 4 heteroatoms. The maximum atomic E-state index is 10.0. The lowest BCUT2D eigenvalue weighted by atomic mass is 10.2. The molecule has 0 fully saturated rings. The van der Waals surface area contributed by atoms with Gasteiger partial charge in [0.25, 0.3) is 0 Å². The van der Waals surface area contributed by atoms with Gasteiger partial charge in [-0.25, -0.2) is 4.79 Å². The number of nitrogens with zero attached hydrogens (tertiary/aromatic N) is 1. The second-order valence-electron chi connectivity index (χ2n) is 2.66. The molecule has 0 saturated heterocycles. The van der Waals surface area contributed by atoms with Gasteiger partial charge in [-0.2, -0.15) is 0 Å². The molecule has 14 heavy (non-hydrogen) atoms. The molecule has 0 aliphatic heterocycles. The normalized spacial score (nSPS) is 9.79. The number of benzene rings is 1. The number of ether oxygens (including phenoxy) is 1. The van der Waals surface area contributed by atoms with E-state index in [4.69, 9.17) is 9.15 Å². The number of carbonyl (C=O) groups excluding carboxylic acids is 1. The first-order valence-corrected chi connectivity index (χ1v) is 3.99. The van der Waals surface area contributed by atoms with Crippen molar-refractivity contribution in [1.82, 2.24) is 0 Å². The average Bonchev–Trinajstić information content (AvgIpc) is 2.60. The molecule has 0 amide bonds. The van der Waals surface area contributed by atoms with Crippen molar-refractivity contribution in [2.75, 3.05) is 7.11 Å². The van der Waals surface area contributed by atoms with Gasteiger partial charge in [0.15, 0.2) is 0 Å². The van der Waals surface area contributed by atoms with E-state index in [0.717, 1.165) is 5.39 Å². The second-order valence-corrected chi connectivity index (χ2v) is 2.66. The fourth-order valence-corrected chi connectivity index (χ4v) is 1.30. The van der Waals surface area contributed by atoms with Crippen LogP contribution in [0.25, 0.3) is 11.0 Å². The van der Waals surface area contributed by atoms with Crippen LogP contribution in [0.1, 0.15) is 0 Å². The number of aliphatic imine (C=N–C) groups is 1. The molecule has 0 saturated carbocycles. The molecular weight excluding hydrogens is 182 g/mol. The zero-order valence-electron chi connectivity index (χ0n) is 7.48. The molecule has 1 heterocycles. The first kappa shape index (κ1) is 8.53. The highest BCUT2D eigenvalue weighted by atomic mass is 16.5. The van der Waals surface area contributed by atoms with Gasteiger partial charge in [0, 0.05) is 6.07 Å². The lowest BCUT2D eigenvalue weighted by Gasteiger charge is -1.97. The van der Waals surface area contributed by atoms with E-state index in [9.17, 15) is 4.79 Å². The standard InChI is InChI=1S/C10H7NO3/c1-13-8-3-2-4-9-7(8)5-10(14-9)11-6-12/h2-5H,1H3. The molecule has 0 radical (unpaired) electrons. The second kappa shape index (κ2) is 3.36. The third kappa shape index (κ3) is 1.28. The van der Waals surface area contributed by atoms with Gasteiger partial charge >= 0.3 is 0 Å². The van der Waals surface area contributed by atoms with Crippen LogP contribution in [0.5, 0.6) is 5.75 Å². The van der Waals surface area contributed by atoms with Gasteiger partial charge in [0.1, 0.15) is 11.3 Å². The van der Waals surface area contributed by atoms with Crippen LogP contribution >= 0.6 is 0 Å². The molecule has 0 aliphatic rings. The zero-order chi connectivity index (χ0) is 9.97. The molecule has 4 nitrogen and oxygen atoms in total. The van der Waals surface area contributed by atoms with E-state index in [2.05, 4.69) is 4.99 Å². The van der Waals surface area contributed by atoms with Crippen molar-refractivity contribution in [1.29, 1.82) is 0 Å². The summed E-state index contributed by atoms with van der Waals surface area (Å²) in [6.45, 7) is 0. The van der Waals surface area contributed by atoms with Gasteiger partial charge in [-0.1, -0.05) is 6.07 Å². The Morgan fingerprint density at radius 3 is 3.07 bits per heavy atom. The Morgan fingerprint density at radius 1 is 1.50 bits per heavy atom. The molecule has 2 rings (SSSR count). The van der Waals surface area contributed by atoms with Crippen molar-refractivity contribution < 1.29 is 13.9 Å². The zero-order valence-corrected chi connectivity index (χ0v) is 7.48. The molecule has 0 N–H and O–H groups in total. The summed E-state index contributed by atoms with van der Waals surface area (Å²) in [6.07, 6.45) is 1.42. The summed E-state index contributed by atoms with van der Waals surface area (Å²) >= 11 is 0. The van der Waals surface area contributed by atoms with E-state index >= 15 is 0 Å². The highest BCUT2D eigenvalue weighted by Crippen LogP contribution is 2.31. The van der Waals surface area contributed by atoms with Crippen LogP contribution in [0.4, 0.5) is 5.88 Å². The van der Waals surface area contributed by atoms with Crippen molar-refractivity contribution in [2.24, 2.45) is 4.99 Å². The van der Waals surface area contributed by atoms with E-state index < -0.39 is 0 Å². The molecular formula is C10H7NO3. The van der Waals surface area contributed by atoms with Crippen molar-refractivity contribution in [3.63, 3.8) is 0 Å². The number of isocyanates is 1. The minimum absolute atomic E-state index is 0.236. The number of hydrogen-bond donors (Lipinski definition) is 0. The fourth-order valence-electron chi connectivity index (χ4n) is 1.30. The van der Waals surface area contributed by atoms with Crippen LogP contribution in [-0.2, 0) is 4.79 Å². The first-order valence-electron chi connectivity index (χ1n) is 3.99. The van der Waals surface area contributed by atoms with E-state index in [1.807, 2.05) is 6.07 Å². The average molecular weight is 189 g/mol. The minimum atomic E-state index is 0.236. The van der Waals surface area contributed by atoms with E-state index in [0.29, 0.717) is 11.3 Å². The van der Waals surface area contributed by atoms with E-state index in [1.165, 1.54) is 6.08 Å². The van der Waals surface area contributed by atoms with Crippen LogP contribution in [0, 0.1) is 0 Å². The van der Waals surface area contributed by atoms with Gasteiger partial charge in [0.2, 0.25) is 12.0 Å². The molecule has 0 spiro atoms. The Labute approximate surface area is 79.8 Å². The molecule has 1 aromatic heterocycles. The van der Waals surface area contributed by atoms with Crippen LogP contribution in [0.2, 0.25) is 0 Å².